The lowest BCUT2D eigenvalue weighted by Gasteiger charge is -2.39. The van der Waals surface area contributed by atoms with Gasteiger partial charge >= 0.3 is 0 Å². The summed E-state index contributed by atoms with van der Waals surface area (Å²) in [6, 6.07) is 4.89. The van der Waals surface area contributed by atoms with E-state index in [4.69, 9.17) is 4.74 Å². The van der Waals surface area contributed by atoms with Gasteiger partial charge in [-0.2, -0.15) is 0 Å². The van der Waals surface area contributed by atoms with Gasteiger partial charge < -0.3 is 10.1 Å². The summed E-state index contributed by atoms with van der Waals surface area (Å²) in [5.74, 6) is 1.11. The second-order valence-corrected chi connectivity index (χ2v) is 7.06. The van der Waals surface area contributed by atoms with Gasteiger partial charge in [-0.1, -0.05) is 38.3 Å². The molecule has 1 aromatic carbocycles. The number of nitrogens with one attached hydrogen (secondary N) is 1. The maximum absolute atomic E-state index is 6.27. The van der Waals surface area contributed by atoms with Crippen molar-refractivity contribution in [1.82, 2.24) is 5.32 Å². The van der Waals surface area contributed by atoms with Gasteiger partial charge in [0.25, 0.3) is 0 Å². The Hall–Kier alpha value is -1.02. The number of fused-ring (bicyclic) bond motifs is 1. The number of hydrogen-bond donors (Lipinski definition) is 1. The lowest BCUT2D eigenvalue weighted by atomic mass is 9.87. The molecule has 1 aromatic rings. The zero-order valence-corrected chi connectivity index (χ0v) is 14.4. The van der Waals surface area contributed by atoms with Crippen molar-refractivity contribution in [2.45, 2.75) is 78.4 Å². The highest BCUT2D eigenvalue weighted by atomic mass is 16.5. The van der Waals surface area contributed by atoms with Crippen LogP contribution < -0.4 is 10.1 Å². The fourth-order valence-corrected chi connectivity index (χ4v) is 3.15. The molecule has 0 aliphatic carbocycles. The molecule has 0 saturated carbocycles. The molecule has 0 aromatic heterocycles. The molecule has 0 fully saturated rings. The van der Waals surface area contributed by atoms with Gasteiger partial charge in [0.2, 0.25) is 0 Å². The molecule has 0 amide bonds. The largest absolute Gasteiger partial charge is 0.487 e. The molecule has 2 rings (SSSR count). The van der Waals surface area contributed by atoms with E-state index in [1.165, 1.54) is 42.4 Å². The standard InChI is InChI=1S/C19H31NO/c1-6-7-8-9-12-20-17-13-19(4,5)21-18-15(3)14(2)10-11-16(17)18/h10-11,17,20H,6-9,12-13H2,1-5H3. The molecule has 0 saturated heterocycles. The van der Waals surface area contributed by atoms with Crippen LogP contribution in [0.25, 0.3) is 0 Å². The maximum Gasteiger partial charge on any atom is 0.128 e. The average molecular weight is 289 g/mol. The molecule has 1 unspecified atom stereocenters. The molecule has 1 aliphatic rings. The van der Waals surface area contributed by atoms with Gasteiger partial charge in [0.1, 0.15) is 11.4 Å². The second kappa shape index (κ2) is 6.83. The van der Waals surface area contributed by atoms with Crippen LogP contribution in [0.5, 0.6) is 5.75 Å². The van der Waals surface area contributed by atoms with E-state index in [1.54, 1.807) is 0 Å². The van der Waals surface area contributed by atoms with Gasteiger partial charge in [0.15, 0.2) is 0 Å². The molecule has 21 heavy (non-hydrogen) atoms. The summed E-state index contributed by atoms with van der Waals surface area (Å²) < 4.78 is 6.27. The van der Waals surface area contributed by atoms with Gasteiger partial charge in [0, 0.05) is 18.0 Å². The van der Waals surface area contributed by atoms with Crippen LogP contribution in [-0.2, 0) is 0 Å². The molecule has 118 valence electrons. The molecular formula is C19H31NO. The van der Waals surface area contributed by atoms with E-state index in [1.807, 2.05) is 0 Å². The topological polar surface area (TPSA) is 21.3 Å². The summed E-state index contributed by atoms with van der Waals surface area (Å²) in [5.41, 5.74) is 3.85. The third-order valence-electron chi connectivity index (χ3n) is 4.58. The summed E-state index contributed by atoms with van der Waals surface area (Å²) in [5, 5.41) is 3.76. The van der Waals surface area contributed by atoms with Gasteiger partial charge in [-0.25, -0.2) is 0 Å². The minimum Gasteiger partial charge on any atom is -0.487 e. The van der Waals surface area contributed by atoms with Gasteiger partial charge in [-0.3, -0.25) is 0 Å². The van der Waals surface area contributed by atoms with E-state index >= 15 is 0 Å². The SMILES string of the molecule is CCCCCCNC1CC(C)(C)Oc2c1ccc(C)c2C. The van der Waals surface area contributed by atoms with E-state index in [0.717, 1.165) is 18.7 Å². The molecule has 1 aliphatic heterocycles. The highest BCUT2D eigenvalue weighted by Crippen LogP contribution is 2.42. The monoisotopic (exact) mass is 289 g/mol. The Bertz CT molecular complexity index is 479. The van der Waals surface area contributed by atoms with Gasteiger partial charge in [-0.15, -0.1) is 0 Å². The lowest BCUT2D eigenvalue weighted by Crippen LogP contribution is -2.40. The Morgan fingerprint density at radius 1 is 1.19 bits per heavy atom. The second-order valence-electron chi connectivity index (χ2n) is 7.06. The third-order valence-corrected chi connectivity index (χ3v) is 4.58. The van der Waals surface area contributed by atoms with Gasteiger partial charge in [-0.05, 0) is 51.8 Å². The number of rotatable bonds is 6. The normalized spacial score (nSPS) is 20.0. The summed E-state index contributed by atoms with van der Waals surface area (Å²) >= 11 is 0. The molecule has 0 radical (unpaired) electrons. The Morgan fingerprint density at radius 2 is 1.95 bits per heavy atom. The molecule has 1 atom stereocenters. The minimum absolute atomic E-state index is 0.0906. The summed E-state index contributed by atoms with van der Waals surface area (Å²) in [7, 11) is 0. The smallest absolute Gasteiger partial charge is 0.128 e. The van der Waals surface area contributed by atoms with Crippen molar-refractivity contribution in [2.24, 2.45) is 0 Å². The van der Waals surface area contributed by atoms with Gasteiger partial charge in [0.05, 0.1) is 0 Å². The Labute approximate surface area is 130 Å². The van der Waals surface area contributed by atoms with Crippen LogP contribution in [0.2, 0.25) is 0 Å². The van der Waals surface area contributed by atoms with E-state index < -0.39 is 0 Å². The van der Waals surface area contributed by atoms with E-state index in [0.29, 0.717) is 6.04 Å². The van der Waals surface area contributed by atoms with E-state index in [9.17, 15) is 0 Å². The van der Waals surface area contributed by atoms with Crippen LogP contribution in [0, 0.1) is 13.8 Å². The third kappa shape index (κ3) is 4.00. The predicted molar refractivity (Wildman–Crippen MR) is 90.1 cm³/mol. The molecular weight excluding hydrogens is 258 g/mol. The van der Waals surface area contributed by atoms with E-state index in [-0.39, 0.29) is 5.60 Å². The van der Waals surface area contributed by atoms with Crippen molar-refractivity contribution in [2.75, 3.05) is 6.54 Å². The van der Waals surface area contributed by atoms with Crippen LogP contribution in [0.3, 0.4) is 0 Å². The number of ether oxygens (including phenoxy) is 1. The molecule has 1 heterocycles. The zero-order valence-electron chi connectivity index (χ0n) is 14.4. The number of unbranched alkanes of at least 4 members (excludes halogenated alkanes) is 3. The van der Waals surface area contributed by atoms with Crippen molar-refractivity contribution >= 4 is 0 Å². The summed E-state index contributed by atoms with van der Waals surface area (Å²) in [6.45, 7) is 12.1. The highest BCUT2D eigenvalue weighted by Gasteiger charge is 2.34. The molecule has 2 heteroatoms. The van der Waals surface area contributed by atoms with Crippen LogP contribution in [0.4, 0.5) is 0 Å². The Kier molecular flexibility index (Phi) is 5.32. The molecule has 2 nitrogen and oxygen atoms in total. The van der Waals surface area contributed by atoms with Crippen LogP contribution >= 0.6 is 0 Å². The number of hydrogen-bond acceptors (Lipinski definition) is 2. The molecule has 0 bridgehead atoms. The molecule has 0 spiro atoms. The average Bonchev–Trinajstić information content (AvgIpc) is 2.42. The van der Waals surface area contributed by atoms with Crippen molar-refractivity contribution in [3.8, 4) is 5.75 Å². The number of aryl methyl sites for hydroxylation is 1. The van der Waals surface area contributed by atoms with Crippen molar-refractivity contribution in [1.29, 1.82) is 0 Å². The van der Waals surface area contributed by atoms with Crippen LogP contribution in [0.15, 0.2) is 12.1 Å². The van der Waals surface area contributed by atoms with Crippen molar-refractivity contribution in [3.05, 3.63) is 28.8 Å². The van der Waals surface area contributed by atoms with Crippen LogP contribution in [-0.4, -0.2) is 12.1 Å². The predicted octanol–water partition coefficient (Wildman–Crippen LogP) is 5.08. The first-order valence-corrected chi connectivity index (χ1v) is 8.47. The summed E-state index contributed by atoms with van der Waals surface area (Å²) in [6.07, 6.45) is 6.28. The van der Waals surface area contributed by atoms with Crippen molar-refractivity contribution < 1.29 is 4.74 Å². The fourth-order valence-electron chi connectivity index (χ4n) is 3.15. The Balaban J connectivity index is 2.10. The number of benzene rings is 1. The first-order chi connectivity index (χ1) is 9.94. The van der Waals surface area contributed by atoms with Crippen LogP contribution in [0.1, 0.15) is 75.6 Å². The zero-order chi connectivity index (χ0) is 15.5. The fraction of sp³-hybridized carbons (Fsp3) is 0.684. The summed E-state index contributed by atoms with van der Waals surface area (Å²) in [4.78, 5) is 0. The lowest BCUT2D eigenvalue weighted by molar-refractivity contribution is 0.0650. The van der Waals surface area contributed by atoms with E-state index in [2.05, 4.69) is 52.1 Å². The minimum atomic E-state index is -0.0906. The Morgan fingerprint density at radius 3 is 2.67 bits per heavy atom. The maximum atomic E-state index is 6.27. The van der Waals surface area contributed by atoms with Crippen molar-refractivity contribution in [3.63, 3.8) is 0 Å². The first kappa shape index (κ1) is 16.4. The molecule has 1 N–H and O–H groups in total. The quantitative estimate of drug-likeness (QED) is 0.738. The first-order valence-electron chi connectivity index (χ1n) is 8.47. The highest BCUT2D eigenvalue weighted by molar-refractivity contribution is 5.48.